The molecule has 0 saturated carbocycles. The van der Waals surface area contributed by atoms with E-state index in [0.717, 1.165) is 13.2 Å². The summed E-state index contributed by atoms with van der Waals surface area (Å²) < 4.78 is 9.85. The van der Waals surface area contributed by atoms with Crippen LogP contribution in [0, 0.1) is 0 Å². The fourth-order valence-electron chi connectivity index (χ4n) is 1.26. The second-order valence-electron chi connectivity index (χ2n) is 3.31. The molecule has 0 bridgehead atoms. The number of carbonyl (C=O) groups is 1. The van der Waals surface area contributed by atoms with Crippen molar-refractivity contribution in [3.05, 3.63) is 0 Å². The van der Waals surface area contributed by atoms with Gasteiger partial charge in [0.1, 0.15) is 0 Å². The van der Waals surface area contributed by atoms with Crippen molar-refractivity contribution in [3.8, 4) is 0 Å². The van der Waals surface area contributed by atoms with Crippen molar-refractivity contribution in [1.29, 1.82) is 0 Å². The summed E-state index contributed by atoms with van der Waals surface area (Å²) in [5.41, 5.74) is 0. The summed E-state index contributed by atoms with van der Waals surface area (Å²) in [6, 6.07) is 0.595. The normalized spacial score (nSPS) is 19.2. The molecule has 0 aromatic rings. The highest BCUT2D eigenvalue weighted by molar-refractivity contribution is 5.70. The topological polar surface area (TPSA) is 47.6 Å². The minimum absolute atomic E-state index is 0.136. The maximum atomic E-state index is 11.0. The number of carbonyl (C=O) groups excluding carboxylic acids is 1. The molecule has 0 spiro atoms. The second kappa shape index (κ2) is 5.19. The first kappa shape index (κ1) is 10.5. The molecule has 1 aliphatic rings. The van der Waals surface area contributed by atoms with E-state index in [4.69, 9.17) is 9.47 Å². The number of rotatable bonds is 5. The Balaban J connectivity index is 2.08. The Kier molecular flexibility index (Phi) is 4.18. The Morgan fingerprint density at radius 2 is 2.38 bits per heavy atom. The quantitative estimate of drug-likeness (QED) is 0.629. The molecular weight excluding hydrogens is 170 g/mol. The minimum atomic E-state index is -0.136. The molecule has 0 radical (unpaired) electrons. The largest absolute Gasteiger partial charge is 0.466 e. The molecule has 1 heterocycles. The Morgan fingerprint density at radius 1 is 1.69 bits per heavy atom. The van der Waals surface area contributed by atoms with Gasteiger partial charge in [-0.25, -0.2) is 0 Å². The van der Waals surface area contributed by atoms with Gasteiger partial charge in [0.15, 0.2) is 0 Å². The summed E-state index contributed by atoms with van der Waals surface area (Å²) in [6.45, 7) is 5.77. The van der Waals surface area contributed by atoms with Crippen LogP contribution in [0.1, 0.15) is 20.3 Å². The molecule has 76 valence electrons. The fourth-order valence-corrected chi connectivity index (χ4v) is 1.26. The molecule has 0 aromatic carbocycles. The van der Waals surface area contributed by atoms with Crippen molar-refractivity contribution in [2.24, 2.45) is 0 Å². The summed E-state index contributed by atoms with van der Waals surface area (Å²) in [4.78, 5) is 11.0. The smallest absolute Gasteiger partial charge is 0.307 e. The summed E-state index contributed by atoms with van der Waals surface area (Å²) >= 11 is 0. The minimum Gasteiger partial charge on any atom is -0.466 e. The van der Waals surface area contributed by atoms with E-state index in [1.165, 1.54) is 0 Å². The van der Waals surface area contributed by atoms with Crippen molar-refractivity contribution in [3.63, 3.8) is 0 Å². The van der Waals surface area contributed by atoms with Gasteiger partial charge in [0, 0.05) is 6.04 Å². The van der Waals surface area contributed by atoms with E-state index in [2.05, 4.69) is 5.32 Å². The maximum absolute atomic E-state index is 11.0. The first-order valence-corrected chi connectivity index (χ1v) is 4.71. The lowest BCUT2D eigenvalue weighted by molar-refractivity contribution is -0.143. The number of nitrogens with one attached hydrogen (secondary N) is 1. The van der Waals surface area contributed by atoms with Crippen LogP contribution in [0.5, 0.6) is 0 Å². The third-order valence-corrected chi connectivity index (χ3v) is 1.94. The average molecular weight is 187 g/mol. The highest BCUT2D eigenvalue weighted by atomic mass is 16.5. The van der Waals surface area contributed by atoms with Gasteiger partial charge in [-0.05, 0) is 13.8 Å². The lowest BCUT2D eigenvalue weighted by Crippen LogP contribution is -2.50. The van der Waals surface area contributed by atoms with E-state index in [1.807, 2.05) is 13.8 Å². The van der Waals surface area contributed by atoms with Crippen LogP contribution in [-0.4, -0.2) is 37.9 Å². The standard InChI is InChI=1S/C9H17NO3/c1-3-13-9(11)4-7(2)10-8-5-12-6-8/h7-8,10H,3-6H2,1-2H3. The third-order valence-electron chi connectivity index (χ3n) is 1.94. The van der Waals surface area contributed by atoms with Gasteiger partial charge in [0.05, 0.1) is 32.3 Å². The average Bonchev–Trinajstić information content (AvgIpc) is 1.97. The van der Waals surface area contributed by atoms with E-state index >= 15 is 0 Å². The number of hydrogen-bond acceptors (Lipinski definition) is 4. The second-order valence-corrected chi connectivity index (χ2v) is 3.31. The Labute approximate surface area is 78.6 Å². The predicted octanol–water partition coefficient (Wildman–Crippen LogP) is 0.316. The van der Waals surface area contributed by atoms with Gasteiger partial charge in [-0.2, -0.15) is 0 Å². The molecule has 4 nitrogen and oxygen atoms in total. The number of esters is 1. The molecule has 0 aliphatic carbocycles. The van der Waals surface area contributed by atoms with Crippen LogP contribution in [0.2, 0.25) is 0 Å². The molecule has 13 heavy (non-hydrogen) atoms. The molecular formula is C9H17NO3. The van der Waals surface area contributed by atoms with Crippen LogP contribution in [-0.2, 0) is 14.3 Å². The summed E-state index contributed by atoms with van der Waals surface area (Å²) in [7, 11) is 0. The van der Waals surface area contributed by atoms with Crippen LogP contribution in [0.3, 0.4) is 0 Å². The summed E-state index contributed by atoms with van der Waals surface area (Å²) in [6.07, 6.45) is 0.435. The van der Waals surface area contributed by atoms with Crippen molar-refractivity contribution in [2.45, 2.75) is 32.4 Å². The molecule has 1 atom stereocenters. The number of ether oxygens (including phenoxy) is 2. The molecule has 1 aliphatic heterocycles. The van der Waals surface area contributed by atoms with E-state index in [-0.39, 0.29) is 12.0 Å². The van der Waals surface area contributed by atoms with Crippen LogP contribution in [0.4, 0.5) is 0 Å². The van der Waals surface area contributed by atoms with Crippen molar-refractivity contribution in [1.82, 2.24) is 5.32 Å². The molecule has 0 aromatic heterocycles. The zero-order valence-corrected chi connectivity index (χ0v) is 8.21. The van der Waals surface area contributed by atoms with Crippen LogP contribution in [0.25, 0.3) is 0 Å². The van der Waals surface area contributed by atoms with E-state index in [1.54, 1.807) is 0 Å². The monoisotopic (exact) mass is 187 g/mol. The predicted molar refractivity (Wildman–Crippen MR) is 48.5 cm³/mol. The van der Waals surface area contributed by atoms with E-state index in [9.17, 15) is 4.79 Å². The SMILES string of the molecule is CCOC(=O)CC(C)NC1COC1. The zero-order valence-electron chi connectivity index (χ0n) is 8.21. The molecule has 0 amide bonds. The van der Waals surface area contributed by atoms with E-state index in [0.29, 0.717) is 19.1 Å². The molecule has 1 unspecified atom stereocenters. The highest BCUT2D eigenvalue weighted by Gasteiger charge is 2.21. The molecule has 4 heteroatoms. The first-order chi connectivity index (χ1) is 6.22. The van der Waals surface area contributed by atoms with Gasteiger partial charge in [-0.15, -0.1) is 0 Å². The summed E-state index contributed by atoms with van der Waals surface area (Å²) in [5.74, 6) is -0.136. The first-order valence-electron chi connectivity index (χ1n) is 4.71. The van der Waals surface area contributed by atoms with Crippen molar-refractivity contribution >= 4 is 5.97 Å². The van der Waals surface area contributed by atoms with Gasteiger partial charge >= 0.3 is 5.97 Å². The van der Waals surface area contributed by atoms with Gasteiger partial charge in [0.25, 0.3) is 0 Å². The van der Waals surface area contributed by atoms with Gasteiger partial charge < -0.3 is 14.8 Å². The molecule has 1 saturated heterocycles. The van der Waals surface area contributed by atoms with Gasteiger partial charge in [0.2, 0.25) is 0 Å². The number of hydrogen-bond donors (Lipinski definition) is 1. The zero-order chi connectivity index (χ0) is 9.68. The Hall–Kier alpha value is -0.610. The fraction of sp³-hybridized carbons (Fsp3) is 0.889. The van der Waals surface area contributed by atoms with Crippen molar-refractivity contribution in [2.75, 3.05) is 19.8 Å². The van der Waals surface area contributed by atoms with Crippen LogP contribution in [0.15, 0.2) is 0 Å². The third kappa shape index (κ3) is 3.74. The maximum Gasteiger partial charge on any atom is 0.307 e. The van der Waals surface area contributed by atoms with E-state index < -0.39 is 0 Å². The lowest BCUT2D eigenvalue weighted by Gasteiger charge is -2.29. The highest BCUT2D eigenvalue weighted by Crippen LogP contribution is 2.03. The van der Waals surface area contributed by atoms with Gasteiger partial charge in [-0.3, -0.25) is 4.79 Å². The summed E-state index contributed by atoms with van der Waals surface area (Å²) in [5, 5.41) is 3.28. The van der Waals surface area contributed by atoms with Crippen LogP contribution < -0.4 is 5.32 Å². The Bertz CT molecular complexity index is 168. The molecule has 1 N–H and O–H groups in total. The molecule has 1 fully saturated rings. The van der Waals surface area contributed by atoms with Crippen molar-refractivity contribution < 1.29 is 14.3 Å². The lowest BCUT2D eigenvalue weighted by atomic mass is 10.2. The molecule has 1 rings (SSSR count). The van der Waals surface area contributed by atoms with Gasteiger partial charge in [-0.1, -0.05) is 0 Å². The van der Waals surface area contributed by atoms with Crippen LogP contribution >= 0.6 is 0 Å². The Morgan fingerprint density at radius 3 is 2.85 bits per heavy atom.